The van der Waals surface area contributed by atoms with Gasteiger partial charge in [0.25, 0.3) is 5.91 Å². The number of benzene rings is 1. The van der Waals surface area contributed by atoms with Crippen LogP contribution in [0.1, 0.15) is 17.3 Å². The monoisotopic (exact) mass is 265 g/mol. The number of rotatable bonds is 4. The van der Waals surface area contributed by atoms with Crippen molar-refractivity contribution in [3.8, 4) is 5.75 Å². The summed E-state index contributed by atoms with van der Waals surface area (Å²) >= 11 is 0. The Morgan fingerprint density at radius 3 is 2.79 bits per heavy atom. The van der Waals surface area contributed by atoms with Crippen LogP contribution in [0.2, 0.25) is 0 Å². The lowest BCUT2D eigenvalue weighted by Gasteiger charge is -2.37. The average Bonchev–Trinajstić information content (AvgIpc) is 2.34. The molecule has 1 fully saturated rings. The minimum absolute atomic E-state index is 0.0156. The summed E-state index contributed by atoms with van der Waals surface area (Å²) in [4.78, 5) is 24.2. The van der Waals surface area contributed by atoms with Gasteiger partial charge in [0.15, 0.2) is 0 Å². The van der Waals surface area contributed by atoms with E-state index in [1.807, 2.05) is 0 Å². The van der Waals surface area contributed by atoms with E-state index in [1.165, 1.54) is 18.2 Å². The molecule has 7 heteroatoms. The summed E-state index contributed by atoms with van der Waals surface area (Å²) < 4.78 is 5.28. The predicted molar refractivity (Wildman–Crippen MR) is 68.1 cm³/mol. The van der Waals surface area contributed by atoms with Crippen LogP contribution in [-0.2, 0) is 0 Å². The van der Waals surface area contributed by atoms with Gasteiger partial charge in [0.1, 0.15) is 0 Å². The lowest BCUT2D eigenvalue weighted by molar-refractivity contribution is -0.385. The number of hydrogen-bond acceptors (Lipinski definition) is 5. The first-order valence-corrected chi connectivity index (χ1v) is 5.99. The van der Waals surface area contributed by atoms with Crippen molar-refractivity contribution in [1.82, 2.24) is 4.90 Å². The smallest absolute Gasteiger partial charge is 0.311 e. The van der Waals surface area contributed by atoms with E-state index in [4.69, 9.17) is 10.5 Å². The van der Waals surface area contributed by atoms with Gasteiger partial charge in [0.05, 0.1) is 17.1 Å². The third-order valence-electron chi connectivity index (χ3n) is 2.91. The van der Waals surface area contributed by atoms with Gasteiger partial charge < -0.3 is 15.4 Å². The van der Waals surface area contributed by atoms with Crippen LogP contribution in [0.25, 0.3) is 0 Å². The van der Waals surface area contributed by atoms with Crippen LogP contribution in [0.4, 0.5) is 5.69 Å². The summed E-state index contributed by atoms with van der Waals surface area (Å²) in [5, 5.41) is 11.0. The van der Waals surface area contributed by atoms with E-state index >= 15 is 0 Å². The molecule has 1 amide bonds. The zero-order valence-corrected chi connectivity index (χ0v) is 10.5. The fourth-order valence-electron chi connectivity index (χ4n) is 1.98. The number of hydrogen-bond donors (Lipinski definition) is 1. The molecule has 7 nitrogen and oxygen atoms in total. The Kier molecular flexibility index (Phi) is 3.66. The summed E-state index contributed by atoms with van der Waals surface area (Å²) in [6, 6.07) is 4.32. The quantitative estimate of drug-likeness (QED) is 0.640. The molecule has 2 rings (SSSR count). The molecule has 0 atom stereocenters. The molecule has 1 aliphatic heterocycles. The minimum Gasteiger partial charge on any atom is -0.487 e. The highest BCUT2D eigenvalue weighted by Gasteiger charge is 2.32. The van der Waals surface area contributed by atoms with Gasteiger partial charge in [-0.3, -0.25) is 14.9 Å². The number of likely N-dealkylation sites (tertiary alicyclic amines) is 1. The standard InChI is InChI=1S/C12H15N3O4/c1-2-19-11-9(4-3-5-10(11)15(17)18)12(16)14-6-8(13)7-14/h3-5,8H,2,6-7,13H2,1H3. The molecule has 0 saturated carbocycles. The first kappa shape index (κ1) is 13.3. The van der Waals surface area contributed by atoms with E-state index in [0.717, 1.165) is 0 Å². The van der Waals surface area contributed by atoms with Crippen molar-refractivity contribution in [2.24, 2.45) is 5.73 Å². The van der Waals surface area contributed by atoms with Crippen molar-refractivity contribution >= 4 is 11.6 Å². The van der Waals surface area contributed by atoms with Crippen molar-refractivity contribution in [3.05, 3.63) is 33.9 Å². The number of amides is 1. The topological polar surface area (TPSA) is 98.7 Å². The normalized spacial score (nSPS) is 14.9. The number of para-hydroxylation sites is 1. The maximum Gasteiger partial charge on any atom is 0.311 e. The number of nitro groups is 1. The maximum atomic E-state index is 12.2. The van der Waals surface area contributed by atoms with Crippen LogP contribution in [0.5, 0.6) is 5.75 Å². The second kappa shape index (κ2) is 5.23. The molecule has 1 aromatic rings. The number of ether oxygens (including phenoxy) is 1. The molecule has 1 heterocycles. The second-order valence-electron chi connectivity index (χ2n) is 4.31. The molecule has 1 aliphatic rings. The molecule has 0 spiro atoms. The van der Waals surface area contributed by atoms with Gasteiger partial charge in [-0.15, -0.1) is 0 Å². The first-order chi connectivity index (χ1) is 9.04. The zero-order chi connectivity index (χ0) is 14.0. The van der Waals surface area contributed by atoms with Crippen LogP contribution >= 0.6 is 0 Å². The molecule has 19 heavy (non-hydrogen) atoms. The lowest BCUT2D eigenvalue weighted by atomic mass is 10.1. The Morgan fingerprint density at radius 2 is 2.26 bits per heavy atom. The van der Waals surface area contributed by atoms with Crippen molar-refractivity contribution in [2.45, 2.75) is 13.0 Å². The average molecular weight is 265 g/mol. The molecule has 0 aromatic heterocycles. The molecule has 0 aliphatic carbocycles. The van der Waals surface area contributed by atoms with Gasteiger partial charge >= 0.3 is 5.69 Å². The van der Waals surface area contributed by atoms with Gasteiger partial charge in [-0.1, -0.05) is 6.07 Å². The molecule has 0 unspecified atom stereocenters. The minimum atomic E-state index is -0.552. The van der Waals surface area contributed by atoms with E-state index in [1.54, 1.807) is 11.8 Å². The number of nitrogens with two attached hydrogens (primary N) is 1. The van der Waals surface area contributed by atoms with Gasteiger partial charge in [0.2, 0.25) is 5.75 Å². The predicted octanol–water partition coefficient (Wildman–Crippen LogP) is 0.777. The van der Waals surface area contributed by atoms with E-state index in [0.29, 0.717) is 13.1 Å². The number of carbonyl (C=O) groups is 1. The van der Waals surface area contributed by atoms with Crippen molar-refractivity contribution in [1.29, 1.82) is 0 Å². The highest BCUT2D eigenvalue weighted by Crippen LogP contribution is 2.32. The Bertz CT molecular complexity index is 512. The summed E-state index contributed by atoms with van der Waals surface area (Å²) in [5.74, 6) is -0.255. The molecular weight excluding hydrogens is 250 g/mol. The van der Waals surface area contributed by atoms with Crippen LogP contribution in [0.3, 0.4) is 0 Å². The Labute approximate surface area is 110 Å². The highest BCUT2D eigenvalue weighted by molar-refractivity contribution is 5.98. The fourth-order valence-corrected chi connectivity index (χ4v) is 1.98. The molecule has 0 bridgehead atoms. The van der Waals surface area contributed by atoms with E-state index in [9.17, 15) is 14.9 Å². The zero-order valence-electron chi connectivity index (χ0n) is 10.5. The summed E-state index contributed by atoms with van der Waals surface area (Å²) in [6.07, 6.45) is 0. The van der Waals surface area contributed by atoms with Crippen LogP contribution < -0.4 is 10.5 Å². The van der Waals surface area contributed by atoms with Gasteiger partial charge in [-0.25, -0.2) is 0 Å². The lowest BCUT2D eigenvalue weighted by Crippen LogP contribution is -2.57. The van der Waals surface area contributed by atoms with Crippen molar-refractivity contribution in [3.63, 3.8) is 0 Å². The second-order valence-corrected chi connectivity index (χ2v) is 4.31. The summed E-state index contributed by atoms with van der Waals surface area (Å²) in [7, 11) is 0. The van der Waals surface area contributed by atoms with E-state index in [-0.39, 0.29) is 35.6 Å². The Morgan fingerprint density at radius 1 is 1.58 bits per heavy atom. The first-order valence-electron chi connectivity index (χ1n) is 5.99. The van der Waals surface area contributed by atoms with Crippen molar-refractivity contribution in [2.75, 3.05) is 19.7 Å². The molecular formula is C12H15N3O4. The molecule has 1 aromatic carbocycles. The Balaban J connectivity index is 2.36. The molecule has 0 radical (unpaired) electrons. The number of nitrogens with zero attached hydrogens (tertiary/aromatic N) is 2. The van der Waals surface area contributed by atoms with Gasteiger partial charge in [-0.2, -0.15) is 0 Å². The van der Waals surface area contributed by atoms with Crippen molar-refractivity contribution < 1.29 is 14.5 Å². The highest BCUT2D eigenvalue weighted by atomic mass is 16.6. The molecule has 1 saturated heterocycles. The third-order valence-corrected chi connectivity index (χ3v) is 2.91. The van der Waals surface area contributed by atoms with Crippen LogP contribution in [-0.4, -0.2) is 41.5 Å². The summed E-state index contributed by atoms with van der Waals surface area (Å²) in [6.45, 7) is 2.90. The van der Waals surface area contributed by atoms with E-state index in [2.05, 4.69) is 0 Å². The third kappa shape index (κ3) is 2.50. The molecule has 2 N–H and O–H groups in total. The van der Waals surface area contributed by atoms with Crippen LogP contribution in [0.15, 0.2) is 18.2 Å². The SMILES string of the molecule is CCOc1c(C(=O)N2CC(N)C2)cccc1[N+](=O)[O-]. The van der Waals surface area contributed by atoms with Gasteiger partial charge in [0, 0.05) is 25.2 Å². The van der Waals surface area contributed by atoms with Gasteiger partial charge in [-0.05, 0) is 13.0 Å². The Hall–Kier alpha value is -2.15. The molecule has 102 valence electrons. The largest absolute Gasteiger partial charge is 0.487 e. The fraction of sp³-hybridized carbons (Fsp3) is 0.417. The number of carbonyl (C=O) groups excluding carboxylic acids is 1. The number of nitro benzene ring substituents is 1. The summed E-state index contributed by atoms with van der Waals surface area (Å²) in [5.41, 5.74) is 5.64. The maximum absolute atomic E-state index is 12.2. The van der Waals surface area contributed by atoms with Crippen LogP contribution in [0, 0.1) is 10.1 Å². The van der Waals surface area contributed by atoms with E-state index < -0.39 is 4.92 Å².